The predicted octanol–water partition coefficient (Wildman–Crippen LogP) is 15.8. The Hall–Kier alpha value is -7.88. The Morgan fingerprint density at radius 2 is 1.03 bits per heavy atom. The van der Waals surface area contributed by atoms with Crippen molar-refractivity contribution in [3.63, 3.8) is 0 Å². The minimum atomic E-state index is 0.860. The van der Waals surface area contributed by atoms with Crippen LogP contribution in [0.15, 0.2) is 223 Å². The maximum absolute atomic E-state index is 6.93. The summed E-state index contributed by atoms with van der Waals surface area (Å²) >= 11 is 0. The summed E-state index contributed by atoms with van der Waals surface area (Å²) < 4.78 is 9.36. The Morgan fingerprint density at radius 3 is 1.88 bits per heavy atom. The quantitative estimate of drug-likeness (QED) is 0.158. The van der Waals surface area contributed by atoms with Crippen LogP contribution in [0.25, 0.3) is 93.2 Å². The van der Waals surface area contributed by atoms with Gasteiger partial charge in [0.15, 0.2) is 0 Å². The van der Waals surface area contributed by atoms with Crippen LogP contribution < -0.4 is 4.90 Å². The molecule has 12 aromatic rings. The Bertz CT molecular complexity index is 3540. The number of rotatable bonds is 6. The van der Waals surface area contributed by atoms with E-state index in [-0.39, 0.29) is 0 Å². The van der Waals surface area contributed by atoms with Crippen molar-refractivity contribution in [3.05, 3.63) is 218 Å². The minimum Gasteiger partial charge on any atom is -0.455 e. The number of aromatic nitrogens is 1. The van der Waals surface area contributed by atoms with E-state index in [4.69, 9.17) is 4.42 Å². The van der Waals surface area contributed by atoms with Crippen LogP contribution in [0.1, 0.15) is 0 Å². The molecule has 59 heavy (non-hydrogen) atoms. The zero-order chi connectivity index (χ0) is 38.9. The second kappa shape index (κ2) is 13.4. The van der Waals surface area contributed by atoms with Gasteiger partial charge in [-0.3, -0.25) is 0 Å². The third kappa shape index (κ3) is 5.29. The molecule has 3 nitrogen and oxygen atoms in total. The largest absolute Gasteiger partial charge is 0.455 e. The van der Waals surface area contributed by atoms with E-state index in [0.717, 1.165) is 61.3 Å². The van der Waals surface area contributed by atoms with Crippen LogP contribution in [-0.2, 0) is 0 Å². The van der Waals surface area contributed by atoms with Crippen molar-refractivity contribution in [2.45, 2.75) is 0 Å². The van der Waals surface area contributed by atoms with Crippen molar-refractivity contribution in [2.75, 3.05) is 4.90 Å². The van der Waals surface area contributed by atoms with Gasteiger partial charge in [-0.15, -0.1) is 0 Å². The summed E-state index contributed by atoms with van der Waals surface area (Å²) in [4.78, 5) is 2.46. The van der Waals surface area contributed by atoms with Gasteiger partial charge < -0.3 is 13.9 Å². The maximum atomic E-state index is 6.93. The number of benzene rings is 10. The van der Waals surface area contributed by atoms with Gasteiger partial charge in [0.1, 0.15) is 11.2 Å². The first-order valence-electron chi connectivity index (χ1n) is 20.2. The van der Waals surface area contributed by atoms with E-state index in [1.165, 1.54) is 49.0 Å². The van der Waals surface area contributed by atoms with E-state index in [0.29, 0.717) is 0 Å². The molecule has 10 aromatic carbocycles. The van der Waals surface area contributed by atoms with Crippen molar-refractivity contribution >= 4 is 82.4 Å². The lowest BCUT2D eigenvalue weighted by atomic mass is 9.97. The van der Waals surface area contributed by atoms with Crippen LogP contribution in [0, 0.1) is 0 Å². The topological polar surface area (TPSA) is 21.3 Å². The fourth-order valence-corrected chi connectivity index (χ4v) is 9.27. The first-order valence-corrected chi connectivity index (χ1v) is 20.2. The van der Waals surface area contributed by atoms with Crippen molar-refractivity contribution < 1.29 is 4.42 Å². The molecule has 0 aliphatic heterocycles. The number of hydrogen-bond donors (Lipinski definition) is 0. The summed E-state index contributed by atoms with van der Waals surface area (Å²) in [6, 6.07) is 78.7. The van der Waals surface area contributed by atoms with Gasteiger partial charge in [0.05, 0.1) is 27.8 Å². The molecule has 0 unspecified atom stereocenters. The standard InChI is InChI=1S/C56H36N2O/c1-3-14-37(15-4-1)38-26-28-40(29-27-38)46-34-35-51(54-49-21-10-12-25-53(49)59-56(46)54)57(43-32-33-45-41(36-43)31-30-39-16-7-8-19-44(39)45)52-24-13-22-48-47-20-9-11-23-50(47)58(55(48)52)42-17-5-2-6-18-42/h1-36H. The minimum absolute atomic E-state index is 0.860. The van der Waals surface area contributed by atoms with Gasteiger partial charge in [-0.25, -0.2) is 0 Å². The molecule has 0 radical (unpaired) electrons. The summed E-state index contributed by atoms with van der Waals surface area (Å²) in [6.45, 7) is 0. The van der Waals surface area contributed by atoms with Crippen LogP contribution in [0.5, 0.6) is 0 Å². The molecule has 0 saturated carbocycles. The SMILES string of the molecule is c1ccc(-c2ccc(-c3ccc(N(c4ccc5c(ccc6ccccc65)c4)c4cccc5c6ccccc6n(-c6ccccc6)c45)c4c3oc3ccccc34)cc2)cc1. The number of furan rings is 1. The zero-order valence-electron chi connectivity index (χ0n) is 32.1. The highest BCUT2D eigenvalue weighted by Gasteiger charge is 2.26. The van der Waals surface area contributed by atoms with E-state index in [2.05, 4.69) is 228 Å². The third-order valence-corrected chi connectivity index (χ3v) is 12.0. The summed E-state index contributed by atoms with van der Waals surface area (Å²) in [5.74, 6) is 0. The second-order valence-electron chi connectivity index (χ2n) is 15.3. The van der Waals surface area contributed by atoms with Crippen molar-refractivity contribution in [1.29, 1.82) is 0 Å². The summed E-state index contributed by atoms with van der Waals surface area (Å²) in [7, 11) is 0. The fourth-order valence-electron chi connectivity index (χ4n) is 9.27. The number of nitrogens with zero attached hydrogens (tertiary/aromatic N) is 2. The molecule has 0 atom stereocenters. The van der Waals surface area contributed by atoms with Gasteiger partial charge in [-0.05, 0) is 92.8 Å². The molecule has 0 aliphatic carbocycles. The first kappa shape index (κ1) is 33.3. The molecule has 0 aliphatic rings. The third-order valence-electron chi connectivity index (χ3n) is 12.0. The van der Waals surface area contributed by atoms with Gasteiger partial charge in [0.25, 0.3) is 0 Å². The van der Waals surface area contributed by atoms with Crippen molar-refractivity contribution in [3.8, 4) is 27.9 Å². The molecule has 0 saturated heterocycles. The molecule has 2 heterocycles. The molecule has 0 fully saturated rings. The van der Waals surface area contributed by atoms with Crippen LogP contribution in [-0.4, -0.2) is 4.57 Å². The monoisotopic (exact) mass is 752 g/mol. The second-order valence-corrected chi connectivity index (χ2v) is 15.3. The van der Waals surface area contributed by atoms with Crippen LogP contribution in [0.4, 0.5) is 17.1 Å². The highest BCUT2D eigenvalue weighted by Crippen LogP contribution is 2.49. The van der Waals surface area contributed by atoms with E-state index < -0.39 is 0 Å². The Morgan fingerprint density at radius 1 is 0.390 bits per heavy atom. The lowest BCUT2D eigenvalue weighted by Crippen LogP contribution is -2.12. The normalized spacial score (nSPS) is 11.7. The van der Waals surface area contributed by atoms with Gasteiger partial charge in [0.2, 0.25) is 0 Å². The molecule has 3 heteroatoms. The zero-order valence-corrected chi connectivity index (χ0v) is 32.1. The molecule has 0 spiro atoms. The maximum Gasteiger partial charge on any atom is 0.145 e. The van der Waals surface area contributed by atoms with E-state index in [9.17, 15) is 0 Å². The van der Waals surface area contributed by atoms with Gasteiger partial charge in [0, 0.05) is 33.1 Å². The van der Waals surface area contributed by atoms with Gasteiger partial charge in [-0.1, -0.05) is 164 Å². The Balaban J connectivity index is 1.17. The molecule has 0 bridgehead atoms. The van der Waals surface area contributed by atoms with Gasteiger partial charge in [-0.2, -0.15) is 0 Å². The lowest BCUT2D eigenvalue weighted by molar-refractivity contribution is 0.670. The molecular formula is C56H36N2O. The van der Waals surface area contributed by atoms with E-state index in [1.807, 2.05) is 0 Å². The van der Waals surface area contributed by atoms with Crippen molar-refractivity contribution in [2.24, 2.45) is 0 Å². The van der Waals surface area contributed by atoms with E-state index >= 15 is 0 Å². The highest BCUT2D eigenvalue weighted by atomic mass is 16.3. The number of fused-ring (bicyclic) bond motifs is 9. The summed E-state index contributed by atoms with van der Waals surface area (Å²) in [5, 5.41) is 9.47. The van der Waals surface area contributed by atoms with Crippen LogP contribution >= 0.6 is 0 Å². The molecule has 2 aromatic heterocycles. The Labute approximate surface area is 341 Å². The molecule has 12 rings (SSSR count). The number of anilines is 3. The molecule has 0 N–H and O–H groups in total. The summed E-state index contributed by atoms with van der Waals surface area (Å²) in [5.41, 5.74) is 12.9. The molecular weight excluding hydrogens is 717 g/mol. The Kier molecular flexibility index (Phi) is 7.54. The number of hydrogen-bond acceptors (Lipinski definition) is 2. The smallest absolute Gasteiger partial charge is 0.145 e. The average molecular weight is 753 g/mol. The van der Waals surface area contributed by atoms with Gasteiger partial charge >= 0.3 is 0 Å². The van der Waals surface area contributed by atoms with Crippen LogP contribution in [0.3, 0.4) is 0 Å². The summed E-state index contributed by atoms with van der Waals surface area (Å²) in [6.07, 6.45) is 0. The highest BCUT2D eigenvalue weighted by molar-refractivity contribution is 6.20. The lowest BCUT2D eigenvalue weighted by Gasteiger charge is -2.28. The number of para-hydroxylation sites is 4. The first-order chi connectivity index (χ1) is 29.3. The van der Waals surface area contributed by atoms with Crippen molar-refractivity contribution in [1.82, 2.24) is 4.57 Å². The molecule has 276 valence electrons. The average Bonchev–Trinajstić information content (AvgIpc) is 3.87. The fraction of sp³-hybridized carbons (Fsp3) is 0. The van der Waals surface area contributed by atoms with Crippen LogP contribution in [0.2, 0.25) is 0 Å². The predicted molar refractivity (Wildman–Crippen MR) is 249 cm³/mol. The van der Waals surface area contributed by atoms with E-state index in [1.54, 1.807) is 0 Å². The molecule has 0 amide bonds.